The highest BCUT2D eigenvalue weighted by Crippen LogP contribution is 2.23. The summed E-state index contributed by atoms with van der Waals surface area (Å²) in [5, 5.41) is 3.14. The molecular formula is C20H24ClN3O3S. The lowest BCUT2D eigenvalue weighted by Gasteiger charge is -2.15. The van der Waals surface area contributed by atoms with E-state index in [1.807, 2.05) is 0 Å². The molecule has 0 aromatic heterocycles. The van der Waals surface area contributed by atoms with E-state index in [1.165, 1.54) is 43.2 Å². The van der Waals surface area contributed by atoms with Crippen molar-refractivity contribution in [1.82, 2.24) is 10.2 Å². The lowest BCUT2D eigenvalue weighted by molar-refractivity contribution is 0.0952. The molecule has 0 radical (unpaired) electrons. The van der Waals surface area contributed by atoms with Gasteiger partial charge in [-0.3, -0.25) is 9.52 Å². The highest BCUT2D eigenvalue weighted by atomic mass is 35.5. The van der Waals surface area contributed by atoms with Gasteiger partial charge < -0.3 is 10.2 Å². The molecule has 1 saturated heterocycles. The summed E-state index contributed by atoms with van der Waals surface area (Å²) in [7, 11) is -3.73. The number of halogens is 1. The number of nitrogens with one attached hydrogen (secondary N) is 2. The average Bonchev–Trinajstić information content (AvgIpc) is 3.20. The number of amides is 1. The van der Waals surface area contributed by atoms with Crippen molar-refractivity contribution in [2.75, 3.05) is 30.9 Å². The van der Waals surface area contributed by atoms with Gasteiger partial charge in [-0.1, -0.05) is 29.8 Å². The van der Waals surface area contributed by atoms with E-state index in [0.29, 0.717) is 6.54 Å². The molecule has 1 aliphatic heterocycles. The van der Waals surface area contributed by atoms with Crippen LogP contribution in [0.3, 0.4) is 0 Å². The average molecular weight is 422 g/mol. The second-order valence-corrected chi connectivity index (χ2v) is 8.86. The fourth-order valence-electron chi connectivity index (χ4n) is 3.18. The number of likely N-dealkylation sites (tertiary alicyclic amines) is 1. The van der Waals surface area contributed by atoms with Crippen molar-refractivity contribution >= 4 is 33.2 Å². The first-order chi connectivity index (χ1) is 13.5. The van der Waals surface area contributed by atoms with E-state index in [2.05, 4.69) is 14.9 Å². The molecule has 0 saturated carbocycles. The zero-order valence-corrected chi connectivity index (χ0v) is 17.1. The third-order valence-electron chi connectivity index (χ3n) is 4.65. The Morgan fingerprint density at radius 3 is 2.50 bits per heavy atom. The standard InChI is InChI=1S/C20H24ClN3O3S/c21-19-10-9-16(23-28(26,27)17-7-2-1-3-8-17)15-18(19)20(25)22-11-6-14-24-12-4-5-13-24/h1-3,7-10,15,23H,4-6,11-14H2,(H,22,25). The van der Waals surface area contributed by atoms with Gasteiger partial charge in [-0.15, -0.1) is 0 Å². The van der Waals surface area contributed by atoms with E-state index < -0.39 is 10.0 Å². The first-order valence-corrected chi connectivity index (χ1v) is 11.2. The molecule has 2 aromatic rings. The molecule has 0 aliphatic carbocycles. The molecule has 0 spiro atoms. The van der Waals surface area contributed by atoms with Crippen LogP contribution in [-0.2, 0) is 10.0 Å². The molecule has 28 heavy (non-hydrogen) atoms. The van der Waals surface area contributed by atoms with Crippen molar-refractivity contribution in [1.29, 1.82) is 0 Å². The summed E-state index contributed by atoms with van der Waals surface area (Å²) in [5.74, 6) is -0.313. The van der Waals surface area contributed by atoms with Crippen LogP contribution in [0, 0.1) is 0 Å². The number of carbonyl (C=O) groups excluding carboxylic acids is 1. The number of benzene rings is 2. The first-order valence-electron chi connectivity index (χ1n) is 9.34. The van der Waals surface area contributed by atoms with Crippen LogP contribution in [0.1, 0.15) is 29.6 Å². The molecule has 0 bridgehead atoms. The van der Waals surface area contributed by atoms with Crippen LogP contribution < -0.4 is 10.0 Å². The van der Waals surface area contributed by atoms with E-state index in [4.69, 9.17) is 11.6 Å². The Morgan fingerprint density at radius 1 is 1.07 bits per heavy atom. The maximum Gasteiger partial charge on any atom is 0.261 e. The van der Waals surface area contributed by atoms with Crippen LogP contribution in [0.15, 0.2) is 53.4 Å². The van der Waals surface area contributed by atoms with Gasteiger partial charge in [0, 0.05) is 12.2 Å². The zero-order chi connectivity index (χ0) is 20.0. The molecule has 6 nitrogen and oxygen atoms in total. The largest absolute Gasteiger partial charge is 0.352 e. The van der Waals surface area contributed by atoms with Gasteiger partial charge in [0.15, 0.2) is 0 Å². The van der Waals surface area contributed by atoms with Gasteiger partial charge in [-0.25, -0.2) is 8.42 Å². The first kappa shape index (κ1) is 20.6. The number of rotatable bonds is 8. The second-order valence-electron chi connectivity index (χ2n) is 6.77. The minimum absolute atomic E-state index is 0.151. The Morgan fingerprint density at radius 2 is 1.79 bits per heavy atom. The Hall–Kier alpha value is -2.09. The van der Waals surface area contributed by atoms with Crippen LogP contribution in [0.5, 0.6) is 0 Å². The minimum atomic E-state index is -3.73. The molecule has 0 atom stereocenters. The molecule has 150 valence electrons. The van der Waals surface area contributed by atoms with Crippen LogP contribution in [0.25, 0.3) is 0 Å². The maximum absolute atomic E-state index is 12.5. The van der Waals surface area contributed by atoms with Crippen molar-refractivity contribution in [3.63, 3.8) is 0 Å². The Kier molecular flexibility index (Phi) is 6.93. The molecule has 8 heteroatoms. The van der Waals surface area contributed by atoms with Crippen molar-refractivity contribution in [2.24, 2.45) is 0 Å². The predicted molar refractivity (Wildman–Crippen MR) is 111 cm³/mol. The van der Waals surface area contributed by atoms with Gasteiger partial charge in [0.2, 0.25) is 0 Å². The Labute approximate surface area is 170 Å². The minimum Gasteiger partial charge on any atom is -0.352 e. The molecule has 1 heterocycles. The van der Waals surface area contributed by atoms with Gasteiger partial charge in [0.1, 0.15) is 0 Å². The van der Waals surface area contributed by atoms with Gasteiger partial charge >= 0.3 is 0 Å². The number of hydrogen-bond acceptors (Lipinski definition) is 4. The van der Waals surface area contributed by atoms with Crippen LogP contribution in [0.4, 0.5) is 5.69 Å². The van der Waals surface area contributed by atoms with E-state index in [9.17, 15) is 13.2 Å². The third-order valence-corrected chi connectivity index (χ3v) is 6.38. The molecule has 1 aliphatic rings. The van der Waals surface area contributed by atoms with Crippen molar-refractivity contribution < 1.29 is 13.2 Å². The van der Waals surface area contributed by atoms with E-state index >= 15 is 0 Å². The SMILES string of the molecule is O=C(NCCCN1CCCC1)c1cc(NS(=O)(=O)c2ccccc2)ccc1Cl. The lowest BCUT2D eigenvalue weighted by atomic mass is 10.2. The summed E-state index contributed by atoms with van der Waals surface area (Å²) in [6.07, 6.45) is 3.35. The maximum atomic E-state index is 12.5. The molecule has 2 aromatic carbocycles. The normalized spacial score (nSPS) is 14.8. The van der Waals surface area contributed by atoms with Crippen molar-refractivity contribution in [3.8, 4) is 0 Å². The van der Waals surface area contributed by atoms with Crippen molar-refractivity contribution in [3.05, 3.63) is 59.1 Å². The summed E-state index contributed by atoms with van der Waals surface area (Å²) in [5.41, 5.74) is 0.534. The fourth-order valence-corrected chi connectivity index (χ4v) is 4.46. The smallest absolute Gasteiger partial charge is 0.261 e. The number of nitrogens with zero attached hydrogens (tertiary/aromatic N) is 1. The number of hydrogen-bond donors (Lipinski definition) is 2. The number of sulfonamides is 1. The van der Waals surface area contributed by atoms with Crippen LogP contribution in [0.2, 0.25) is 5.02 Å². The summed E-state index contributed by atoms with van der Waals surface area (Å²) in [6.45, 7) is 3.77. The van der Waals surface area contributed by atoms with Gasteiger partial charge in [0.25, 0.3) is 15.9 Å². The Balaban J connectivity index is 1.61. The summed E-state index contributed by atoms with van der Waals surface area (Å²) < 4.78 is 27.4. The molecule has 1 amide bonds. The summed E-state index contributed by atoms with van der Waals surface area (Å²) in [4.78, 5) is 15.0. The highest BCUT2D eigenvalue weighted by Gasteiger charge is 2.17. The lowest BCUT2D eigenvalue weighted by Crippen LogP contribution is -2.29. The predicted octanol–water partition coefficient (Wildman–Crippen LogP) is 3.36. The van der Waals surface area contributed by atoms with Crippen LogP contribution in [-0.4, -0.2) is 45.4 Å². The van der Waals surface area contributed by atoms with Crippen LogP contribution >= 0.6 is 11.6 Å². The van der Waals surface area contributed by atoms with Gasteiger partial charge in [-0.05, 0) is 69.2 Å². The molecule has 1 fully saturated rings. The van der Waals surface area contributed by atoms with Crippen molar-refractivity contribution in [2.45, 2.75) is 24.2 Å². The number of anilines is 1. The van der Waals surface area contributed by atoms with Gasteiger partial charge in [-0.2, -0.15) is 0 Å². The van der Waals surface area contributed by atoms with Gasteiger partial charge in [0.05, 0.1) is 15.5 Å². The fraction of sp³-hybridized carbons (Fsp3) is 0.350. The van der Waals surface area contributed by atoms with E-state index in [-0.39, 0.29) is 27.1 Å². The van der Waals surface area contributed by atoms with E-state index in [1.54, 1.807) is 18.2 Å². The third kappa shape index (κ3) is 5.47. The van der Waals surface area contributed by atoms with E-state index in [0.717, 1.165) is 26.1 Å². The molecule has 2 N–H and O–H groups in total. The molecule has 0 unspecified atom stereocenters. The zero-order valence-electron chi connectivity index (χ0n) is 15.5. The number of carbonyl (C=O) groups is 1. The molecular weight excluding hydrogens is 398 g/mol. The summed E-state index contributed by atoms with van der Waals surface area (Å²) >= 11 is 6.15. The monoisotopic (exact) mass is 421 g/mol. The second kappa shape index (κ2) is 9.41. The quantitative estimate of drug-likeness (QED) is 0.640. The molecule has 3 rings (SSSR count). The topological polar surface area (TPSA) is 78.5 Å². The highest BCUT2D eigenvalue weighted by molar-refractivity contribution is 7.92. The summed E-state index contributed by atoms with van der Waals surface area (Å²) in [6, 6.07) is 12.6. The Bertz CT molecular complexity index is 914.